The van der Waals surface area contributed by atoms with Crippen molar-refractivity contribution >= 4 is 11.9 Å². The Morgan fingerprint density at radius 3 is 2.26 bits per heavy atom. The maximum atomic E-state index is 12.8. The lowest BCUT2D eigenvalue weighted by Crippen LogP contribution is -2.33. The van der Waals surface area contributed by atoms with Gasteiger partial charge in [-0.1, -0.05) is 56.9 Å². The van der Waals surface area contributed by atoms with Gasteiger partial charge < -0.3 is 19.5 Å². The van der Waals surface area contributed by atoms with Gasteiger partial charge in [0.1, 0.15) is 11.5 Å². The molecule has 0 fully saturated rings. The zero-order chi connectivity index (χ0) is 25.0. The van der Waals surface area contributed by atoms with Crippen LogP contribution in [-0.2, 0) is 9.53 Å². The molecule has 2 aromatic rings. The quantitative estimate of drug-likeness (QED) is 0.227. The third-order valence-electron chi connectivity index (χ3n) is 6.42. The Kier molecular flexibility index (Phi) is 10.2. The van der Waals surface area contributed by atoms with E-state index in [-0.39, 0.29) is 23.8 Å². The fraction of sp³-hybridized carbons (Fsp3) is 0.448. The number of carbonyl (C=O) groups excluding carboxylic acids is 2. The number of unbranched alkanes of at least 4 members (excludes halogenated alkanes) is 4. The zero-order valence-electron chi connectivity index (χ0n) is 21.0. The van der Waals surface area contributed by atoms with Gasteiger partial charge in [-0.15, -0.1) is 0 Å². The molecule has 0 aliphatic heterocycles. The van der Waals surface area contributed by atoms with Gasteiger partial charge in [-0.25, -0.2) is 0 Å². The van der Waals surface area contributed by atoms with Gasteiger partial charge >= 0.3 is 5.97 Å². The van der Waals surface area contributed by atoms with Crippen LogP contribution in [0.1, 0.15) is 67.3 Å². The molecule has 0 bridgehead atoms. The summed E-state index contributed by atoms with van der Waals surface area (Å²) in [5, 5.41) is 3.06. The number of carbonyl (C=O) groups is 2. The van der Waals surface area contributed by atoms with Crippen molar-refractivity contribution in [2.75, 3.05) is 20.8 Å². The van der Waals surface area contributed by atoms with E-state index >= 15 is 0 Å². The molecule has 35 heavy (non-hydrogen) atoms. The highest BCUT2D eigenvalue weighted by Gasteiger charge is 2.34. The second-order valence-electron chi connectivity index (χ2n) is 8.93. The maximum Gasteiger partial charge on any atom is 0.313 e. The van der Waals surface area contributed by atoms with Gasteiger partial charge in [0.25, 0.3) is 5.91 Å². The summed E-state index contributed by atoms with van der Waals surface area (Å²) in [6.07, 6.45) is 10.5. The third-order valence-corrected chi connectivity index (χ3v) is 6.42. The molecular weight excluding hydrogens is 442 g/mol. The van der Waals surface area contributed by atoms with Crippen LogP contribution in [0.25, 0.3) is 0 Å². The molecule has 2 aromatic carbocycles. The molecule has 1 aliphatic rings. The minimum atomic E-state index is -0.442. The second-order valence-corrected chi connectivity index (χ2v) is 8.93. The Hall–Kier alpha value is -3.28. The molecule has 6 heteroatoms. The number of esters is 1. The molecule has 0 heterocycles. The highest BCUT2D eigenvalue weighted by Crippen LogP contribution is 2.35. The lowest BCUT2D eigenvalue weighted by atomic mass is 9.85. The standard InChI is InChI=1S/C29H37NO5/c1-4-5-6-7-8-19-35-26-17-12-22(13-18-26)28(31)30-24-14-9-23(20-24)27(29(32)34-3)21-10-15-25(33-2)16-11-21/h9-18,23-24,27H,4-8,19-20H2,1-3H3,(H,30,31)/t23-,24-,27+/m1/s1. The number of nitrogens with one attached hydrogen (secondary N) is 1. The minimum absolute atomic E-state index is 0.0748. The summed E-state index contributed by atoms with van der Waals surface area (Å²) in [5.41, 5.74) is 1.44. The lowest BCUT2D eigenvalue weighted by molar-refractivity contribution is -0.143. The Morgan fingerprint density at radius 1 is 0.914 bits per heavy atom. The fourth-order valence-corrected chi connectivity index (χ4v) is 4.43. The predicted octanol–water partition coefficient (Wildman–Crippen LogP) is 5.68. The number of allylic oxidation sites excluding steroid dienone is 1. The van der Waals surface area contributed by atoms with Crippen LogP contribution in [0.15, 0.2) is 60.7 Å². The van der Waals surface area contributed by atoms with E-state index in [1.54, 1.807) is 19.2 Å². The Bertz CT molecular complexity index is 968. The molecule has 0 radical (unpaired) electrons. The largest absolute Gasteiger partial charge is 0.497 e. The minimum Gasteiger partial charge on any atom is -0.497 e. The number of amides is 1. The first-order valence-corrected chi connectivity index (χ1v) is 12.5. The van der Waals surface area contributed by atoms with Crippen LogP contribution in [0, 0.1) is 5.92 Å². The molecule has 0 saturated heterocycles. The summed E-state index contributed by atoms with van der Waals surface area (Å²) < 4.78 is 16.1. The lowest BCUT2D eigenvalue weighted by Gasteiger charge is -2.22. The van der Waals surface area contributed by atoms with Crippen LogP contribution < -0.4 is 14.8 Å². The Balaban J connectivity index is 1.52. The van der Waals surface area contributed by atoms with Gasteiger partial charge in [0, 0.05) is 11.6 Å². The number of benzene rings is 2. The third kappa shape index (κ3) is 7.61. The zero-order valence-corrected chi connectivity index (χ0v) is 21.0. The van der Waals surface area contributed by atoms with E-state index < -0.39 is 5.92 Å². The van der Waals surface area contributed by atoms with Crippen LogP contribution in [0.4, 0.5) is 0 Å². The number of rotatable bonds is 13. The normalized spacial score (nSPS) is 17.6. The molecule has 3 rings (SSSR count). The van der Waals surface area contributed by atoms with Crippen molar-refractivity contribution in [2.24, 2.45) is 5.92 Å². The van der Waals surface area contributed by atoms with E-state index in [4.69, 9.17) is 14.2 Å². The molecule has 1 amide bonds. The molecular formula is C29H37NO5. The van der Waals surface area contributed by atoms with Crippen molar-refractivity contribution < 1.29 is 23.8 Å². The summed E-state index contributed by atoms with van der Waals surface area (Å²) >= 11 is 0. The molecule has 0 unspecified atom stereocenters. The first kappa shape index (κ1) is 26.3. The van der Waals surface area contributed by atoms with Crippen molar-refractivity contribution in [3.8, 4) is 11.5 Å². The van der Waals surface area contributed by atoms with Crippen molar-refractivity contribution in [2.45, 2.75) is 57.4 Å². The predicted molar refractivity (Wildman–Crippen MR) is 137 cm³/mol. The van der Waals surface area contributed by atoms with Gasteiger partial charge in [0.15, 0.2) is 0 Å². The monoisotopic (exact) mass is 479 g/mol. The van der Waals surface area contributed by atoms with Crippen LogP contribution >= 0.6 is 0 Å². The van der Waals surface area contributed by atoms with Gasteiger partial charge in [-0.3, -0.25) is 9.59 Å². The average molecular weight is 480 g/mol. The highest BCUT2D eigenvalue weighted by atomic mass is 16.5. The fourth-order valence-electron chi connectivity index (χ4n) is 4.43. The van der Waals surface area contributed by atoms with Gasteiger partial charge in [-0.2, -0.15) is 0 Å². The van der Waals surface area contributed by atoms with Crippen LogP contribution in [0.3, 0.4) is 0 Å². The van der Waals surface area contributed by atoms with Gasteiger partial charge in [0.05, 0.1) is 26.7 Å². The highest BCUT2D eigenvalue weighted by molar-refractivity contribution is 5.94. The molecule has 188 valence electrons. The number of ether oxygens (including phenoxy) is 3. The van der Waals surface area contributed by atoms with E-state index in [1.165, 1.54) is 32.8 Å². The topological polar surface area (TPSA) is 73.9 Å². The smallest absolute Gasteiger partial charge is 0.313 e. The number of hydrogen-bond donors (Lipinski definition) is 1. The SMILES string of the molecule is CCCCCCCOc1ccc(C(=O)N[C@@H]2C=C[C@@H]([C@@H](C(=O)OC)c3ccc(OC)cc3)C2)cc1. The molecule has 6 nitrogen and oxygen atoms in total. The molecule has 0 saturated carbocycles. The molecule has 3 atom stereocenters. The van der Waals surface area contributed by atoms with Crippen LogP contribution in [0.2, 0.25) is 0 Å². The average Bonchev–Trinajstić information content (AvgIpc) is 3.34. The van der Waals surface area contributed by atoms with E-state index in [0.717, 1.165) is 23.5 Å². The number of methoxy groups -OCH3 is 2. The maximum absolute atomic E-state index is 12.8. The van der Waals surface area contributed by atoms with Crippen LogP contribution in [-0.4, -0.2) is 38.7 Å². The molecule has 1 N–H and O–H groups in total. The Labute approximate surface area is 208 Å². The first-order chi connectivity index (χ1) is 17.0. The van der Waals surface area contributed by atoms with Crippen molar-refractivity contribution in [3.63, 3.8) is 0 Å². The van der Waals surface area contributed by atoms with E-state index in [2.05, 4.69) is 12.2 Å². The summed E-state index contributed by atoms with van der Waals surface area (Å²) in [7, 11) is 3.01. The molecule has 0 aromatic heterocycles. The van der Waals surface area contributed by atoms with Crippen molar-refractivity contribution in [3.05, 3.63) is 71.8 Å². The first-order valence-electron chi connectivity index (χ1n) is 12.5. The summed E-state index contributed by atoms with van der Waals surface area (Å²) in [5.74, 6) is 0.547. The summed E-state index contributed by atoms with van der Waals surface area (Å²) in [6.45, 7) is 2.90. The van der Waals surface area contributed by atoms with Crippen LogP contribution in [0.5, 0.6) is 11.5 Å². The number of hydrogen-bond acceptors (Lipinski definition) is 5. The Morgan fingerprint density at radius 2 is 1.60 bits per heavy atom. The van der Waals surface area contributed by atoms with Crippen molar-refractivity contribution in [1.29, 1.82) is 0 Å². The summed E-state index contributed by atoms with van der Waals surface area (Å²) in [4.78, 5) is 25.4. The summed E-state index contributed by atoms with van der Waals surface area (Å²) in [6, 6.07) is 14.5. The van der Waals surface area contributed by atoms with Gasteiger partial charge in [-0.05, 0) is 60.7 Å². The molecule has 1 aliphatic carbocycles. The van der Waals surface area contributed by atoms with Gasteiger partial charge in [0.2, 0.25) is 0 Å². The van der Waals surface area contributed by atoms with E-state index in [0.29, 0.717) is 18.6 Å². The van der Waals surface area contributed by atoms with E-state index in [1.807, 2.05) is 48.6 Å². The second kappa shape index (κ2) is 13.6. The van der Waals surface area contributed by atoms with E-state index in [9.17, 15) is 9.59 Å². The van der Waals surface area contributed by atoms with Crippen molar-refractivity contribution in [1.82, 2.24) is 5.32 Å². The molecule has 0 spiro atoms.